The van der Waals surface area contributed by atoms with Gasteiger partial charge in [-0.05, 0) is 29.2 Å². The minimum Gasteiger partial charge on any atom is -0.302 e. The van der Waals surface area contributed by atoms with Gasteiger partial charge in [0.15, 0.2) is 5.78 Å². The molecule has 0 bridgehead atoms. The van der Waals surface area contributed by atoms with E-state index in [0.29, 0.717) is 14.1 Å². The molecule has 3 rings (SSSR count). The van der Waals surface area contributed by atoms with Crippen LogP contribution >= 0.6 is 38.6 Å². The van der Waals surface area contributed by atoms with Crippen molar-refractivity contribution in [3.63, 3.8) is 0 Å². The van der Waals surface area contributed by atoms with E-state index in [9.17, 15) is 9.59 Å². The molecule has 3 aromatic rings. The Bertz CT molecular complexity index is 1030. The van der Waals surface area contributed by atoms with Crippen LogP contribution in [0.15, 0.2) is 51.0 Å². The lowest BCUT2D eigenvalue weighted by Crippen LogP contribution is -2.29. The summed E-state index contributed by atoms with van der Waals surface area (Å²) in [5, 5.41) is 1.86. The third-order valence-electron chi connectivity index (χ3n) is 3.27. The minimum atomic E-state index is -0.101. The second-order valence-electron chi connectivity index (χ2n) is 4.82. The summed E-state index contributed by atoms with van der Waals surface area (Å²) in [6.45, 7) is 0. The van der Waals surface area contributed by atoms with Crippen LogP contribution in [0.5, 0.6) is 0 Å². The molecule has 0 N–H and O–H groups in total. The molecule has 0 saturated carbocycles. The van der Waals surface area contributed by atoms with Crippen molar-refractivity contribution in [1.29, 1.82) is 0 Å². The van der Waals surface area contributed by atoms with E-state index in [1.54, 1.807) is 13.1 Å². The Balaban J connectivity index is 2.11. The van der Waals surface area contributed by atoms with Crippen molar-refractivity contribution in [3.05, 3.63) is 76.2 Å². The molecule has 0 spiro atoms. The highest BCUT2D eigenvalue weighted by Gasteiger charge is 2.06. The van der Waals surface area contributed by atoms with E-state index < -0.39 is 0 Å². The largest absolute Gasteiger partial charge is 0.302 e. The second kappa shape index (κ2) is 6.78. The lowest BCUT2D eigenvalue weighted by molar-refractivity contribution is 0.106. The van der Waals surface area contributed by atoms with Crippen LogP contribution < -0.4 is 14.8 Å². The number of carbonyl (C=O) groups is 1. The molecule has 6 heteroatoms. The van der Waals surface area contributed by atoms with Gasteiger partial charge < -0.3 is 4.57 Å². The number of hydrogen-bond acceptors (Lipinski definition) is 4. The van der Waals surface area contributed by atoms with E-state index in [1.807, 2.05) is 41.8 Å². The zero-order valence-electron chi connectivity index (χ0n) is 12.2. The number of thiazole rings is 1. The molecule has 2 aromatic heterocycles. The molecular weight excluding hydrogens is 394 g/mol. The van der Waals surface area contributed by atoms with Gasteiger partial charge in [0.25, 0.3) is 5.56 Å². The number of halogens is 1. The SMILES string of the molecule is Cn1c(=O)/c(=C\c2ccccc2Br)s/c1=C\C(=O)c1cccs1. The Morgan fingerprint density at radius 3 is 2.70 bits per heavy atom. The van der Waals surface area contributed by atoms with Crippen LogP contribution in [0.3, 0.4) is 0 Å². The third-order valence-corrected chi connectivity index (χ3v) is 5.99. The first-order valence-electron chi connectivity index (χ1n) is 6.78. The zero-order valence-corrected chi connectivity index (χ0v) is 15.4. The number of hydrogen-bond donors (Lipinski definition) is 0. The number of benzene rings is 1. The standard InChI is InChI=1S/C17H12BrNO2S2/c1-19-16(10-13(20)14-7-4-8-22-14)23-15(17(19)21)9-11-5-2-3-6-12(11)18/h2-10H,1H3/b15-9+,16-10-. The van der Waals surface area contributed by atoms with E-state index in [4.69, 9.17) is 0 Å². The highest BCUT2D eigenvalue weighted by molar-refractivity contribution is 9.10. The Morgan fingerprint density at radius 2 is 2.00 bits per heavy atom. The molecule has 23 heavy (non-hydrogen) atoms. The van der Waals surface area contributed by atoms with E-state index in [0.717, 1.165) is 10.0 Å². The summed E-state index contributed by atoms with van der Waals surface area (Å²) < 4.78 is 3.69. The summed E-state index contributed by atoms with van der Waals surface area (Å²) in [7, 11) is 1.68. The average Bonchev–Trinajstić information content (AvgIpc) is 3.15. The van der Waals surface area contributed by atoms with E-state index in [1.165, 1.54) is 33.3 Å². The molecule has 0 aliphatic rings. The normalized spacial score (nSPS) is 12.8. The molecule has 0 radical (unpaired) electrons. The van der Waals surface area contributed by atoms with E-state index in [2.05, 4.69) is 15.9 Å². The van der Waals surface area contributed by atoms with Crippen LogP contribution in [0.4, 0.5) is 0 Å². The lowest BCUT2D eigenvalue weighted by Gasteiger charge is -1.94. The third kappa shape index (κ3) is 3.44. The van der Waals surface area contributed by atoms with Crippen LogP contribution in [0, 0.1) is 0 Å². The molecule has 0 unspecified atom stereocenters. The minimum absolute atomic E-state index is 0.0794. The van der Waals surface area contributed by atoms with Gasteiger partial charge in [0, 0.05) is 17.6 Å². The average molecular weight is 406 g/mol. The first-order valence-corrected chi connectivity index (χ1v) is 9.27. The number of ketones is 1. The first kappa shape index (κ1) is 16.1. The number of aromatic nitrogens is 1. The molecule has 0 atom stereocenters. The molecule has 0 saturated heterocycles. The van der Waals surface area contributed by atoms with Crippen molar-refractivity contribution in [2.45, 2.75) is 0 Å². The van der Waals surface area contributed by atoms with Gasteiger partial charge in [-0.3, -0.25) is 9.59 Å². The van der Waals surface area contributed by atoms with Gasteiger partial charge >= 0.3 is 0 Å². The first-order chi connectivity index (χ1) is 11.1. The summed E-state index contributed by atoms with van der Waals surface area (Å²) in [4.78, 5) is 25.2. The number of nitrogens with zero attached hydrogens (tertiary/aromatic N) is 1. The molecule has 3 nitrogen and oxygen atoms in total. The van der Waals surface area contributed by atoms with Crippen molar-refractivity contribution in [2.24, 2.45) is 7.05 Å². The Morgan fingerprint density at radius 1 is 1.22 bits per heavy atom. The fourth-order valence-electron chi connectivity index (χ4n) is 2.04. The predicted octanol–water partition coefficient (Wildman–Crippen LogP) is 2.76. The van der Waals surface area contributed by atoms with Gasteiger partial charge in [-0.15, -0.1) is 22.7 Å². The summed E-state index contributed by atoms with van der Waals surface area (Å²) in [6, 6.07) is 11.3. The van der Waals surface area contributed by atoms with Crippen LogP contribution in [-0.2, 0) is 7.05 Å². The number of Topliss-reactive ketones (excluding diaryl/α,β-unsaturated/α-hetero) is 1. The maximum absolute atomic E-state index is 12.4. The van der Waals surface area contributed by atoms with Crippen LogP contribution in [0.25, 0.3) is 12.2 Å². The van der Waals surface area contributed by atoms with Gasteiger partial charge in [-0.2, -0.15) is 0 Å². The van der Waals surface area contributed by atoms with Crippen LogP contribution in [0.2, 0.25) is 0 Å². The van der Waals surface area contributed by atoms with Crippen LogP contribution in [-0.4, -0.2) is 10.4 Å². The monoisotopic (exact) mass is 405 g/mol. The summed E-state index contributed by atoms with van der Waals surface area (Å²) in [6.07, 6.45) is 3.36. The van der Waals surface area contributed by atoms with Crippen molar-refractivity contribution < 1.29 is 4.79 Å². The lowest BCUT2D eigenvalue weighted by atomic mass is 10.2. The number of thiophene rings is 1. The summed E-state index contributed by atoms with van der Waals surface area (Å²) in [5.74, 6) is -0.0794. The van der Waals surface area contributed by atoms with Gasteiger partial charge in [-0.1, -0.05) is 40.2 Å². The van der Waals surface area contributed by atoms with Gasteiger partial charge in [0.1, 0.15) is 4.66 Å². The Labute approximate surface area is 149 Å². The van der Waals surface area contributed by atoms with Gasteiger partial charge in [0.05, 0.1) is 9.41 Å². The van der Waals surface area contributed by atoms with Crippen molar-refractivity contribution in [2.75, 3.05) is 0 Å². The number of carbonyl (C=O) groups excluding carboxylic acids is 1. The smallest absolute Gasteiger partial charge is 0.268 e. The zero-order chi connectivity index (χ0) is 16.4. The molecule has 1 aromatic carbocycles. The molecule has 0 amide bonds. The van der Waals surface area contributed by atoms with Crippen LogP contribution in [0.1, 0.15) is 15.2 Å². The molecule has 0 aliphatic carbocycles. The summed E-state index contributed by atoms with van der Waals surface area (Å²) >= 11 is 6.19. The molecular formula is C17H12BrNO2S2. The van der Waals surface area contributed by atoms with Gasteiger partial charge in [-0.25, -0.2) is 0 Å². The molecule has 0 fully saturated rings. The predicted molar refractivity (Wildman–Crippen MR) is 99.6 cm³/mol. The van der Waals surface area contributed by atoms with E-state index >= 15 is 0 Å². The Hall–Kier alpha value is -1.76. The van der Waals surface area contributed by atoms with Crippen molar-refractivity contribution >= 4 is 56.5 Å². The maximum Gasteiger partial charge on any atom is 0.268 e. The second-order valence-corrected chi connectivity index (χ2v) is 7.68. The molecule has 0 aliphatic heterocycles. The topological polar surface area (TPSA) is 39.1 Å². The number of rotatable bonds is 3. The van der Waals surface area contributed by atoms with Crippen molar-refractivity contribution in [3.8, 4) is 0 Å². The highest BCUT2D eigenvalue weighted by atomic mass is 79.9. The fraction of sp³-hybridized carbons (Fsp3) is 0.0588. The van der Waals surface area contributed by atoms with Gasteiger partial charge in [0.2, 0.25) is 0 Å². The molecule has 116 valence electrons. The maximum atomic E-state index is 12.4. The fourth-order valence-corrected chi connectivity index (χ4v) is 4.10. The Kier molecular flexibility index (Phi) is 4.75. The summed E-state index contributed by atoms with van der Waals surface area (Å²) in [5.41, 5.74) is 0.832. The van der Waals surface area contributed by atoms with E-state index in [-0.39, 0.29) is 11.3 Å². The molecule has 2 heterocycles. The van der Waals surface area contributed by atoms with Crippen molar-refractivity contribution in [1.82, 2.24) is 4.57 Å². The highest BCUT2D eigenvalue weighted by Crippen LogP contribution is 2.16. The quantitative estimate of drug-likeness (QED) is 0.628.